The first-order valence-electron chi connectivity index (χ1n) is 7.06. The Morgan fingerprint density at radius 1 is 1.32 bits per heavy atom. The lowest BCUT2D eigenvalue weighted by Crippen LogP contribution is -2.34. The van der Waals surface area contributed by atoms with Crippen molar-refractivity contribution in [2.24, 2.45) is 0 Å². The largest absolute Gasteiger partial charge is 0.488 e. The van der Waals surface area contributed by atoms with Crippen molar-refractivity contribution in [2.75, 3.05) is 13.1 Å². The third kappa shape index (κ3) is 3.47. The lowest BCUT2D eigenvalue weighted by atomic mass is 10.1. The van der Waals surface area contributed by atoms with Gasteiger partial charge in [0.1, 0.15) is 11.9 Å². The number of ether oxygens (including phenoxy) is 1. The molecule has 19 heavy (non-hydrogen) atoms. The van der Waals surface area contributed by atoms with Crippen molar-refractivity contribution in [3.63, 3.8) is 0 Å². The molecule has 0 saturated heterocycles. The first-order valence-corrected chi connectivity index (χ1v) is 7.06. The van der Waals surface area contributed by atoms with E-state index in [-0.39, 0.29) is 12.0 Å². The Kier molecular flexibility index (Phi) is 3.69. The van der Waals surface area contributed by atoms with Gasteiger partial charge in [-0.25, -0.2) is 0 Å². The molecular weight excluding hydrogens is 240 g/mol. The summed E-state index contributed by atoms with van der Waals surface area (Å²) in [7, 11) is 0. The number of hydrogen-bond donors (Lipinski definition) is 2. The van der Waals surface area contributed by atoms with Gasteiger partial charge in [-0.05, 0) is 24.5 Å². The minimum atomic E-state index is 0.158. The molecule has 1 aromatic rings. The van der Waals surface area contributed by atoms with Crippen molar-refractivity contribution in [3.8, 4) is 5.75 Å². The highest BCUT2D eigenvalue weighted by Crippen LogP contribution is 2.27. The first-order chi connectivity index (χ1) is 9.31. The molecule has 3 rings (SSSR count). The van der Waals surface area contributed by atoms with Gasteiger partial charge in [0, 0.05) is 32.0 Å². The van der Waals surface area contributed by atoms with E-state index in [1.54, 1.807) is 0 Å². The number of nitrogens with one attached hydrogen (secondary N) is 2. The van der Waals surface area contributed by atoms with E-state index in [0.717, 1.165) is 38.1 Å². The molecule has 1 aliphatic carbocycles. The van der Waals surface area contributed by atoms with Gasteiger partial charge in [-0.3, -0.25) is 4.79 Å². The Hall–Kier alpha value is -1.55. The highest BCUT2D eigenvalue weighted by atomic mass is 16.5. The molecule has 0 spiro atoms. The molecule has 102 valence electrons. The topological polar surface area (TPSA) is 50.4 Å². The van der Waals surface area contributed by atoms with Gasteiger partial charge in [0.05, 0.1) is 0 Å². The maximum absolute atomic E-state index is 11.5. The van der Waals surface area contributed by atoms with Crippen LogP contribution in [0.15, 0.2) is 24.3 Å². The number of benzene rings is 1. The molecule has 1 aliphatic heterocycles. The molecule has 0 aromatic heterocycles. The fraction of sp³-hybridized carbons (Fsp3) is 0.533. The minimum absolute atomic E-state index is 0.158. The quantitative estimate of drug-likeness (QED) is 0.757. The van der Waals surface area contributed by atoms with Crippen LogP contribution < -0.4 is 15.4 Å². The van der Waals surface area contributed by atoms with Crippen LogP contribution in [0.3, 0.4) is 0 Å². The van der Waals surface area contributed by atoms with E-state index in [1.165, 1.54) is 5.56 Å². The number of carbonyl (C=O) groups is 1. The summed E-state index contributed by atoms with van der Waals surface area (Å²) < 4.78 is 5.83. The zero-order valence-corrected chi connectivity index (χ0v) is 11.0. The van der Waals surface area contributed by atoms with Crippen LogP contribution in [-0.2, 0) is 11.2 Å². The van der Waals surface area contributed by atoms with E-state index in [4.69, 9.17) is 4.74 Å². The standard InChI is InChI=1S/C15H20N2O2/c18-15(17-12-5-6-12)7-8-16-10-13-9-11-3-1-2-4-14(11)19-13/h1-4,12-13,16H,5-10H2,(H,17,18). The van der Waals surface area contributed by atoms with Gasteiger partial charge in [-0.15, -0.1) is 0 Å². The summed E-state index contributed by atoms with van der Waals surface area (Å²) in [5.41, 5.74) is 1.28. The molecule has 4 heteroatoms. The lowest BCUT2D eigenvalue weighted by Gasteiger charge is -2.11. The molecule has 0 radical (unpaired) electrons. The molecule has 1 fully saturated rings. The third-order valence-corrected chi connectivity index (χ3v) is 3.56. The van der Waals surface area contributed by atoms with Crippen molar-refractivity contribution < 1.29 is 9.53 Å². The summed E-state index contributed by atoms with van der Waals surface area (Å²) in [5.74, 6) is 1.16. The SMILES string of the molecule is O=C(CCNCC1Cc2ccccc2O1)NC1CC1. The second-order valence-corrected chi connectivity index (χ2v) is 5.35. The Morgan fingerprint density at radius 3 is 2.95 bits per heavy atom. The van der Waals surface area contributed by atoms with Crippen LogP contribution in [0.25, 0.3) is 0 Å². The molecule has 2 N–H and O–H groups in total. The van der Waals surface area contributed by atoms with Crippen molar-refractivity contribution >= 4 is 5.91 Å². The summed E-state index contributed by atoms with van der Waals surface area (Å²) in [6, 6.07) is 8.62. The van der Waals surface area contributed by atoms with Gasteiger partial charge in [0.2, 0.25) is 5.91 Å². The molecule has 1 unspecified atom stereocenters. The normalized spacial score (nSPS) is 20.7. The summed E-state index contributed by atoms with van der Waals surface area (Å²) in [4.78, 5) is 11.5. The van der Waals surface area contributed by atoms with Crippen molar-refractivity contribution in [1.29, 1.82) is 0 Å². The van der Waals surface area contributed by atoms with E-state index in [1.807, 2.05) is 18.2 Å². The number of fused-ring (bicyclic) bond motifs is 1. The van der Waals surface area contributed by atoms with E-state index in [9.17, 15) is 4.79 Å². The molecule has 1 heterocycles. The second kappa shape index (κ2) is 5.61. The molecule has 2 aliphatic rings. The summed E-state index contributed by atoms with van der Waals surface area (Å²) in [5, 5.41) is 6.29. The Bertz CT molecular complexity index is 432. The number of carbonyl (C=O) groups excluding carboxylic acids is 1. The number of para-hydroxylation sites is 1. The predicted octanol–water partition coefficient (Wildman–Crippen LogP) is 1.25. The van der Waals surface area contributed by atoms with Crippen molar-refractivity contribution in [3.05, 3.63) is 29.8 Å². The number of hydrogen-bond acceptors (Lipinski definition) is 3. The van der Waals surface area contributed by atoms with Crippen molar-refractivity contribution in [1.82, 2.24) is 10.6 Å². The van der Waals surface area contributed by atoms with Crippen LogP contribution in [0.2, 0.25) is 0 Å². The monoisotopic (exact) mass is 260 g/mol. The van der Waals surface area contributed by atoms with Crippen molar-refractivity contribution in [2.45, 2.75) is 37.8 Å². The fourth-order valence-corrected chi connectivity index (χ4v) is 2.36. The highest BCUT2D eigenvalue weighted by molar-refractivity contribution is 5.76. The van der Waals surface area contributed by atoms with Crippen LogP contribution in [0.5, 0.6) is 5.75 Å². The molecule has 0 bridgehead atoms. The second-order valence-electron chi connectivity index (χ2n) is 5.35. The van der Waals surface area contributed by atoms with E-state index >= 15 is 0 Å². The van der Waals surface area contributed by atoms with Crippen LogP contribution in [-0.4, -0.2) is 31.1 Å². The zero-order valence-electron chi connectivity index (χ0n) is 11.0. The van der Waals surface area contributed by atoms with Crippen LogP contribution in [0.4, 0.5) is 0 Å². The van der Waals surface area contributed by atoms with Gasteiger partial charge in [0.15, 0.2) is 0 Å². The molecule has 4 nitrogen and oxygen atoms in total. The zero-order chi connectivity index (χ0) is 13.1. The summed E-state index contributed by atoms with van der Waals surface area (Å²) in [6.07, 6.45) is 4.00. The first kappa shape index (κ1) is 12.5. The maximum atomic E-state index is 11.5. The van der Waals surface area contributed by atoms with Crippen LogP contribution in [0, 0.1) is 0 Å². The Morgan fingerprint density at radius 2 is 2.16 bits per heavy atom. The predicted molar refractivity (Wildman–Crippen MR) is 73.2 cm³/mol. The molecule has 1 amide bonds. The van der Waals surface area contributed by atoms with Gasteiger partial charge < -0.3 is 15.4 Å². The summed E-state index contributed by atoms with van der Waals surface area (Å²) in [6.45, 7) is 1.51. The number of amides is 1. The minimum Gasteiger partial charge on any atom is -0.488 e. The molecule has 1 atom stereocenters. The average Bonchev–Trinajstić information content (AvgIpc) is 3.11. The van der Waals surface area contributed by atoms with Crippen LogP contribution in [0.1, 0.15) is 24.8 Å². The van der Waals surface area contributed by atoms with Gasteiger partial charge in [0.25, 0.3) is 0 Å². The van der Waals surface area contributed by atoms with Gasteiger partial charge in [-0.1, -0.05) is 18.2 Å². The third-order valence-electron chi connectivity index (χ3n) is 3.56. The van der Waals surface area contributed by atoms with Gasteiger partial charge >= 0.3 is 0 Å². The lowest BCUT2D eigenvalue weighted by molar-refractivity contribution is -0.121. The van der Waals surface area contributed by atoms with Gasteiger partial charge in [-0.2, -0.15) is 0 Å². The Balaban J connectivity index is 1.32. The average molecular weight is 260 g/mol. The van der Waals surface area contributed by atoms with E-state index < -0.39 is 0 Å². The maximum Gasteiger partial charge on any atom is 0.221 e. The number of rotatable bonds is 6. The molecule has 1 aromatic carbocycles. The molecule has 1 saturated carbocycles. The summed E-state index contributed by atoms with van der Waals surface area (Å²) >= 11 is 0. The van der Waals surface area contributed by atoms with E-state index in [2.05, 4.69) is 16.7 Å². The Labute approximate surface area is 113 Å². The molecular formula is C15H20N2O2. The highest BCUT2D eigenvalue weighted by Gasteiger charge is 2.23. The van der Waals surface area contributed by atoms with Crippen LogP contribution >= 0.6 is 0 Å². The fourth-order valence-electron chi connectivity index (χ4n) is 2.36. The van der Waals surface area contributed by atoms with E-state index in [0.29, 0.717) is 12.5 Å². The smallest absolute Gasteiger partial charge is 0.221 e.